The first-order chi connectivity index (χ1) is 6.22. The van der Waals surface area contributed by atoms with Crippen LogP contribution in [0.15, 0.2) is 24.3 Å². The Morgan fingerprint density at radius 1 is 1.23 bits per heavy atom. The molecule has 0 saturated heterocycles. The lowest BCUT2D eigenvalue weighted by Crippen LogP contribution is -2.02. The van der Waals surface area contributed by atoms with Gasteiger partial charge in [0, 0.05) is 5.75 Å². The van der Waals surface area contributed by atoms with Crippen LogP contribution in [0.2, 0.25) is 0 Å². The minimum atomic E-state index is -2.00. The van der Waals surface area contributed by atoms with E-state index < -0.39 is 11.1 Å². The zero-order valence-corrected chi connectivity index (χ0v) is 8.05. The Morgan fingerprint density at radius 2 is 1.77 bits per heavy atom. The van der Waals surface area contributed by atoms with Crippen molar-refractivity contribution in [2.75, 3.05) is 6.54 Å². The second-order valence-electron chi connectivity index (χ2n) is 2.80. The molecule has 0 aliphatic heterocycles. The molecule has 72 valence electrons. The molecule has 4 heteroatoms. The molecular weight excluding hydrogens is 186 g/mol. The molecule has 0 aromatic heterocycles. The van der Waals surface area contributed by atoms with E-state index in [4.69, 9.17) is 5.73 Å². The molecule has 1 aromatic rings. The first kappa shape index (κ1) is 10.4. The zero-order chi connectivity index (χ0) is 9.68. The van der Waals surface area contributed by atoms with E-state index in [9.17, 15) is 8.76 Å². The Labute approximate surface area is 80.2 Å². The van der Waals surface area contributed by atoms with Gasteiger partial charge in [0.1, 0.15) is 0 Å². The fraction of sp³-hybridized carbons (Fsp3) is 0.333. The predicted octanol–water partition coefficient (Wildman–Crippen LogP) is 0.567. The SMILES string of the molecule is NCCc1ccc(CS(=O)[O-])cc1. The summed E-state index contributed by atoms with van der Waals surface area (Å²) in [7, 11) is 0. The van der Waals surface area contributed by atoms with Crippen molar-refractivity contribution in [3.8, 4) is 0 Å². The quantitative estimate of drug-likeness (QED) is 0.719. The van der Waals surface area contributed by atoms with Crippen LogP contribution >= 0.6 is 0 Å². The molecule has 0 aliphatic carbocycles. The molecule has 0 saturated carbocycles. The maximum Gasteiger partial charge on any atom is 0.0353 e. The highest BCUT2D eigenvalue weighted by molar-refractivity contribution is 7.78. The molecule has 0 radical (unpaired) electrons. The minimum Gasteiger partial charge on any atom is -0.772 e. The Morgan fingerprint density at radius 3 is 2.23 bits per heavy atom. The molecule has 2 N–H and O–H groups in total. The summed E-state index contributed by atoms with van der Waals surface area (Å²) in [5.74, 6) is 0.0862. The van der Waals surface area contributed by atoms with E-state index in [0.29, 0.717) is 6.54 Å². The van der Waals surface area contributed by atoms with E-state index in [1.165, 1.54) is 0 Å². The van der Waals surface area contributed by atoms with Gasteiger partial charge < -0.3 is 10.3 Å². The van der Waals surface area contributed by atoms with E-state index >= 15 is 0 Å². The average Bonchev–Trinajstić information content (AvgIpc) is 2.08. The van der Waals surface area contributed by atoms with Gasteiger partial charge in [0.05, 0.1) is 0 Å². The Bertz CT molecular complexity index is 284. The van der Waals surface area contributed by atoms with Gasteiger partial charge in [-0.2, -0.15) is 0 Å². The van der Waals surface area contributed by atoms with E-state index in [2.05, 4.69) is 0 Å². The lowest BCUT2D eigenvalue weighted by atomic mass is 10.1. The highest BCUT2D eigenvalue weighted by Gasteiger charge is 1.93. The highest BCUT2D eigenvalue weighted by Crippen LogP contribution is 2.06. The van der Waals surface area contributed by atoms with Crippen molar-refractivity contribution in [2.24, 2.45) is 5.73 Å². The Kier molecular flexibility index (Phi) is 4.08. The van der Waals surface area contributed by atoms with Crippen molar-refractivity contribution in [1.82, 2.24) is 0 Å². The fourth-order valence-electron chi connectivity index (χ4n) is 1.10. The van der Waals surface area contributed by atoms with Crippen LogP contribution in [-0.4, -0.2) is 15.3 Å². The standard InChI is InChI=1S/C9H13NO2S/c10-6-5-8-1-3-9(4-2-8)7-13(11)12/h1-4H,5-7,10H2,(H,11,12)/p-1. The highest BCUT2D eigenvalue weighted by atomic mass is 32.2. The van der Waals surface area contributed by atoms with Gasteiger partial charge in [-0.1, -0.05) is 35.3 Å². The first-order valence-corrected chi connectivity index (χ1v) is 5.30. The Balaban J connectivity index is 2.64. The summed E-state index contributed by atoms with van der Waals surface area (Å²) in [6.07, 6.45) is 0.834. The molecule has 0 aliphatic rings. The van der Waals surface area contributed by atoms with Gasteiger partial charge in [0.25, 0.3) is 0 Å². The molecule has 1 atom stereocenters. The summed E-state index contributed by atoms with van der Waals surface area (Å²) in [4.78, 5) is 0. The van der Waals surface area contributed by atoms with Crippen LogP contribution in [0, 0.1) is 0 Å². The maximum atomic E-state index is 10.4. The fourth-order valence-corrected chi connectivity index (χ4v) is 1.57. The summed E-state index contributed by atoms with van der Waals surface area (Å²) in [6.45, 7) is 0.618. The summed E-state index contributed by atoms with van der Waals surface area (Å²) >= 11 is -2.00. The topological polar surface area (TPSA) is 66.2 Å². The van der Waals surface area contributed by atoms with Crippen molar-refractivity contribution in [2.45, 2.75) is 12.2 Å². The monoisotopic (exact) mass is 198 g/mol. The third-order valence-corrected chi connectivity index (χ3v) is 2.31. The summed E-state index contributed by atoms with van der Waals surface area (Å²) in [6, 6.07) is 7.46. The van der Waals surface area contributed by atoms with Crippen molar-refractivity contribution in [3.05, 3.63) is 35.4 Å². The summed E-state index contributed by atoms with van der Waals surface area (Å²) in [5, 5.41) is 0. The van der Waals surface area contributed by atoms with Crippen molar-refractivity contribution in [1.29, 1.82) is 0 Å². The average molecular weight is 198 g/mol. The van der Waals surface area contributed by atoms with Crippen LogP contribution in [0.4, 0.5) is 0 Å². The van der Waals surface area contributed by atoms with Crippen LogP contribution in [-0.2, 0) is 23.3 Å². The third-order valence-electron chi connectivity index (χ3n) is 1.74. The normalized spacial score (nSPS) is 12.8. The van der Waals surface area contributed by atoms with Crippen LogP contribution in [0.25, 0.3) is 0 Å². The molecule has 1 unspecified atom stereocenters. The van der Waals surface area contributed by atoms with Gasteiger partial charge in [-0.25, -0.2) is 0 Å². The molecular formula is C9H12NO2S-. The predicted molar refractivity (Wildman–Crippen MR) is 51.8 cm³/mol. The molecule has 0 amide bonds. The molecule has 1 aromatic carbocycles. The zero-order valence-electron chi connectivity index (χ0n) is 7.23. The van der Waals surface area contributed by atoms with Gasteiger partial charge in [0.15, 0.2) is 0 Å². The van der Waals surface area contributed by atoms with Crippen molar-refractivity contribution in [3.63, 3.8) is 0 Å². The number of rotatable bonds is 4. The second kappa shape index (κ2) is 5.11. The summed E-state index contributed by atoms with van der Waals surface area (Å²) < 4.78 is 20.7. The van der Waals surface area contributed by atoms with Gasteiger partial charge in [-0.05, 0) is 24.1 Å². The third kappa shape index (κ3) is 3.67. The second-order valence-corrected chi connectivity index (χ2v) is 3.70. The van der Waals surface area contributed by atoms with Gasteiger partial charge in [-0.3, -0.25) is 4.21 Å². The number of benzene rings is 1. The maximum absolute atomic E-state index is 10.4. The molecule has 13 heavy (non-hydrogen) atoms. The molecule has 0 heterocycles. The van der Waals surface area contributed by atoms with E-state index in [1.54, 1.807) is 0 Å². The van der Waals surface area contributed by atoms with Gasteiger partial charge >= 0.3 is 0 Å². The minimum absolute atomic E-state index is 0.0862. The van der Waals surface area contributed by atoms with Crippen LogP contribution < -0.4 is 5.73 Å². The summed E-state index contributed by atoms with van der Waals surface area (Å²) in [5.41, 5.74) is 7.34. The van der Waals surface area contributed by atoms with Crippen LogP contribution in [0.1, 0.15) is 11.1 Å². The van der Waals surface area contributed by atoms with Gasteiger partial charge in [-0.15, -0.1) is 0 Å². The Hall–Kier alpha value is -0.710. The van der Waals surface area contributed by atoms with Crippen LogP contribution in [0.3, 0.4) is 0 Å². The largest absolute Gasteiger partial charge is 0.772 e. The van der Waals surface area contributed by atoms with Crippen molar-refractivity contribution < 1.29 is 8.76 Å². The molecule has 1 rings (SSSR count). The molecule has 0 spiro atoms. The number of hydrogen-bond donors (Lipinski definition) is 1. The first-order valence-electron chi connectivity index (χ1n) is 4.06. The lowest BCUT2D eigenvalue weighted by Gasteiger charge is -2.05. The van der Waals surface area contributed by atoms with Crippen LogP contribution in [0.5, 0.6) is 0 Å². The van der Waals surface area contributed by atoms with E-state index in [1.807, 2.05) is 24.3 Å². The van der Waals surface area contributed by atoms with E-state index in [0.717, 1.165) is 17.5 Å². The molecule has 0 fully saturated rings. The van der Waals surface area contributed by atoms with Crippen molar-refractivity contribution >= 4 is 11.1 Å². The molecule has 3 nitrogen and oxygen atoms in total. The number of nitrogens with two attached hydrogens (primary N) is 1. The van der Waals surface area contributed by atoms with Gasteiger partial charge in [0.2, 0.25) is 0 Å². The number of hydrogen-bond acceptors (Lipinski definition) is 3. The smallest absolute Gasteiger partial charge is 0.0353 e. The molecule has 0 bridgehead atoms. The van der Waals surface area contributed by atoms with E-state index in [-0.39, 0.29) is 5.75 Å². The lowest BCUT2D eigenvalue weighted by molar-refractivity contribution is 0.536.